The van der Waals surface area contributed by atoms with Crippen LogP contribution in [0.3, 0.4) is 0 Å². The average molecular weight is 410 g/mol. The van der Waals surface area contributed by atoms with E-state index in [0.29, 0.717) is 12.8 Å². The predicted molar refractivity (Wildman–Crippen MR) is 107 cm³/mol. The Balaban J connectivity index is 1.39. The summed E-state index contributed by atoms with van der Waals surface area (Å²) < 4.78 is 5.50. The third kappa shape index (κ3) is 3.73. The molecule has 1 fully saturated rings. The highest BCUT2D eigenvalue weighted by molar-refractivity contribution is 5.90. The summed E-state index contributed by atoms with van der Waals surface area (Å²) in [5.74, 6) is -1.86. The maximum atomic E-state index is 12.5. The second-order valence-corrected chi connectivity index (χ2v) is 7.50. The smallest absolute Gasteiger partial charge is 0.408 e. The highest BCUT2D eigenvalue weighted by atomic mass is 16.7. The molecule has 0 heterocycles. The predicted octanol–water partition coefficient (Wildman–Crippen LogP) is 2.58. The number of alkyl carbamates (subject to hydrolysis) is 1. The molecule has 2 aliphatic carbocycles. The Morgan fingerprint density at radius 3 is 2.13 bits per heavy atom. The van der Waals surface area contributed by atoms with E-state index in [1.54, 1.807) is 0 Å². The lowest BCUT2D eigenvalue weighted by Crippen LogP contribution is -2.63. The molecule has 30 heavy (non-hydrogen) atoms. The molecule has 156 valence electrons. The third-order valence-corrected chi connectivity index (χ3v) is 5.69. The minimum atomic E-state index is -1.21. The lowest BCUT2D eigenvalue weighted by molar-refractivity contribution is -0.153. The Morgan fingerprint density at radius 2 is 1.60 bits per heavy atom. The molecule has 0 aromatic heterocycles. The second kappa shape index (κ2) is 8.16. The molecule has 0 saturated heterocycles. The number of hydrogen-bond acceptors (Lipinski definition) is 5. The molecule has 0 unspecified atom stereocenters. The van der Waals surface area contributed by atoms with Gasteiger partial charge in [-0.2, -0.15) is 0 Å². The van der Waals surface area contributed by atoms with Gasteiger partial charge in [-0.15, -0.1) is 0 Å². The molecule has 8 nitrogen and oxygen atoms in total. The molecular weight excluding hydrogens is 388 g/mol. The summed E-state index contributed by atoms with van der Waals surface area (Å²) in [6, 6.07) is 16.1. The van der Waals surface area contributed by atoms with E-state index < -0.39 is 30.1 Å². The highest BCUT2D eigenvalue weighted by Gasteiger charge is 2.46. The van der Waals surface area contributed by atoms with E-state index in [1.807, 2.05) is 36.4 Å². The van der Waals surface area contributed by atoms with E-state index in [9.17, 15) is 14.4 Å². The molecule has 2 amide bonds. The molecule has 0 atom stereocenters. The van der Waals surface area contributed by atoms with E-state index >= 15 is 0 Å². The zero-order chi connectivity index (χ0) is 21.1. The van der Waals surface area contributed by atoms with Crippen LogP contribution in [0.4, 0.5) is 4.79 Å². The number of hydroxylamine groups is 1. The first-order chi connectivity index (χ1) is 14.5. The van der Waals surface area contributed by atoms with Gasteiger partial charge in [-0.1, -0.05) is 48.5 Å². The molecule has 1 saturated carbocycles. The van der Waals surface area contributed by atoms with E-state index in [0.717, 1.165) is 28.7 Å². The van der Waals surface area contributed by atoms with Crippen LogP contribution in [0.1, 0.15) is 36.3 Å². The Labute approximate surface area is 173 Å². The standard InChI is InChI=1S/C22H22N2O6/c25-19(26)13-30-24-20(27)22(10-5-11-22)23-21(28)29-12-18-16-8-3-1-6-14(16)15-7-2-4-9-17(15)18/h1-4,6-9,18H,5,10-13H2,(H,23,28)(H,24,27)(H,25,26). The summed E-state index contributed by atoms with van der Waals surface area (Å²) in [5.41, 5.74) is 5.42. The zero-order valence-corrected chi connectivity index (χ0v) is 16.2. The van der Waals surface area contributed by atoms with Gasteiger partial charge in [0.25, 0.3) is 5.91 Å². The summed E-state index contributed by atoms with van der Waals surface area (Å²) >= 11 is 0. The van der Waals surface area contributed by atoms with E-state index in [1.165, 1.54) is 0 Å². The SMILES string of the molecule is O=C(O)CONC(=O)C1(NC(=O)OCC2c3ccccc3-c3ccccc32)CCC1. The fourth-order valence-electron chi connectivity index (χ4n) is 4.03. The van der Waals surface area contributed by atoms with Crippen molar-refractivity contribution in [1.82, 2.24) is 10.8 Å². The first-order valence-corrected chi connectivity index (χ1v) is 9.77. The minimum absolute atomic E-state index is 0.0757. The van der Waals surface area contributed by atoms with Gasteiger partial charge >= 0.3 is 12.1 Å². The number of aliphatic carboxylic acids is 1. The van der Waals surface area contributed by atoms with E-state index in [4.69, 9.17) is 9.84 Å². The van der Waals surface area contributed by atoms with Gasteiger partial charge in [0.2, 0.25) is 0 Å². The molecular formula is C22H22N2O6. The number of carboxylic acids is 1. The molecule has 0 radical (unpaired) electrons. The van der Waals surface area contributed by atoms with Gasteiger partial charge in [-0.3, -0.25) is 9.63 Å². The molecule has 0 aliphatic heterocycles. The number of fused-ring (bicyclic) bond motifs is 3. The molecule has 2 aromatic carbocycles. The zero-order valence-electron chi connectivity index (χ0n) is 16.2. The van der Waals surface area contributed by atoms with Gasteiger partial charge in [0.1, 0.15) is 12.1 Å². The second-order valence-electron chi connectivity index (χ2n) is 7.50. The molecule has 4 rings (SSSR count). The van der Waals surface area contributed by atoms with Crippen molar-refractivity contribution in [2.75, 3.05) is 13.2 Å². The van der Waals surface area contributed by atoms with Gasteiger partial charge in [0.15, 0.2) is 6.61 Å². The van der Waals surface area contributed by atoms with Crippen LogP contribution < -0.4 is 10.8 Å². The lowest BCUT2D eigenvalue weighted by atomic mass is 9.76. The van der Waals surface area contributed by atoms with Crippen LogP contribution in [-0.2, 0) is 19.2 Å². The molecule has 2 aliphatic rings. The van der Waals surface area contributed by atoms with Crippen LogP contribution in [0.15, 0.2) is 48.5 Å². The number of benzene rings is 2. The van der Waals surface area contributed by atoms with Crippen molar-refractivity contribution in [3.63, 3.8) is 0 Å². The van der Waals surface area contributed by atoms with Crippen LogP contribution in [0.2, 0.25) is 0 Å². The number of amides is 2. The number of hydrogen-bond donors (Lipinski definition) is 3. The number of ether oxygens (including phenoxy) is 1. The number of nitrogens with one attached hydrogen (secondary N) is 2. The average Bonchev–Trinajstić information content (AvgIpc) is 3.02. The monoisotopic (exact) mass is 410 g/mol. The fraction of sp³-hybridized carbons (Fsp3) is 0.318. The third-order valence-electron chi connectivity index (χ3n) is 5.69. The normalized spacial score (nSPS) is 16.0. The van der Waals surface area contributed by atoms with Crippen LogP contribution in [-0.4, -0.2) is 41.8 Å². The quantitative estimate of drug-likeness (QED) is 0.605. The van der Waals surface area contributed by atoms with Crippen LogP contribution in [0, 0.1) is 0 Å². The first kappa shape index (κ1) is 19.9. The van der Waals surface area contributed by atoms with Crippen molar-refractivity contribution in [2.24, 2.45) is 0 Å². The van der Waals surface area contributed by atoms with Crippen molar-refractivity contribution in [3.8, 4) is 11.1 Å². The number of carboxylic acid groups (broad SMARTS) is 1. The van der Waals surface area contributed by atoms with E-state index in [-0.39, 0.29) is 12.5 Å². The van der Waals surface area contributed by atoms with Gasteiger partial charge in [0.05, 0.1) is 0 Å². The Bertz CT molecular complexity index is 940. The topological polar surface area (TPSA) is 114 Å². The molecule has 8 heteroatoms. The molecule has 0 bridgehead atoms. The van der Waals surface area contributed by atoms with Crippen LogP contribution in [0.5, 0.6) is 0 Å². The van der Waals surface area contributed by atoms with Crippen LogP contribution in [0.25, 0.3) is 11.1 Å². The summed E-state index contributed by atoms with van der Waals surface area (Å²) in [6.07, 6.45) is 0.930. The van der Waals surface area contributed by atoms with Gasteiger partial charge in [0, 0.05) is 5.92 Å². The van der Waals surface area contributed by atoms with Gasteiger partial charge in [-0.25, -0.2) is 15.1 Å². The number of carbonyl (C=O) groups is 3. The minimum Gasteiger partial charge on any atom is -0.479 e. The summed E-state index contributed by atoms with van der Waals surface area (Å²) in [5, 5.41) is 11.2. The molecule has 0 spiro atoms. The van der Waals surface area contributed by atoms with Crippen LogP contribution >= 0.6 is 0 Å². The van der Waals surface area contributed by atoms with Gasteiger partial charge in [-0.05, 0) is 41.5 Å². The van der Waals surface area contributed by atoms with Crippen molar-refractivity contribution in [3.05, 3.63) is 59.7 Å². The Kier molecular flexibility index (Phi) is 5.41. The highest BCUT2D eigenvalue weighted by Crippen LogP contribution is 2.44. The van der Waals surface area contributed by atoms with E-state index in [2.05, 4.69) is 27.8 Å². The molecule has 2 aromatic rings. The summed E-state index contributed by atoms with van der Waals surface area (Å²) in [7, 11) is 0. The Morgan fingerprint density at radius 1 is 1.00 bits per heavy atom. The van der Waals surface area contributed by atoms with Crippen molar-refractivity contribution >= 4 is 18.0 Å². The summed E-state index contributed by atoms with van der Waals surface area (Å²) in [4.78, 5) is 40.0. The van der Waals surface area contributed by atoms with Crippen molar-refractivity contribution in [1.29, 1.82) is 0 Å². The maximum Gasteiger partial charge on any atom is 0.408 e. The fourth-order valence-corrected chi connectivity index (χ4v) is 4.03. The summed E-state index contributed by atoms with van der Waals surface area (Å²) in [6.45, 7) is -0.514. The first-order valence-electron chi connectivity index (χ1n) is 9.77. The lowest BCUT2D eigenvalue weighted by Gasteiger charge is -2.39. The number of carbonyl (C=O) groups excluding carboxylic acids is 2. The molecule has 3 N–H and O–H groups in total. The number of rotatable bonds is 7. The van der Waals surface area contributed by atoms with Crippen molar-refractivity contribution < 1.29 is 29.1 Å². The van der Waals surface area contributed by atoms with Crippen molar-refractivity contribution in [2.45, 2.75) is 30.7 Å². The largest absolute Gasteiger partial charge is 0.479 e. The Hall–Kier alpha value is -3.39. The van der Waals surface area contributed by atoms with Gasteiger partial charge < -0.3 is 15.2 Å². The maximum absolute atomic E-state index is 12.5.